The van der Waals surface area contributed by atoms with Crippen molar-refractivity contribution in [2.75, 3.05) is 5.32 Å². The Morgan fingerprint density at radius 3 is 2.72 bits per heavy atom. The van der Waals surface area contributed by atoms with Gasteiger partial charge < -0.3 is 15.4 Å². The zero-order chi connectivity index (χ0) is 13.3. The number of nitrogens with one attached hydrogen (secondary N) is 2. The third-order valence-corrected chi connectivity index (χ3v) is 3.75. The molecule has 2 unspecified atom stereocenters. The van der Waals surface area contributed by atoms with Gasteiger partial charge in [-0.3, -0.25) is 4.79 Å². The van der Waals surface area contributed by atoms with Gasteiger partial charge in [-0.05, 0) is 25.7 Å². The molecule has 1 saturated carbocycles. The fourth-order valence-electron chi connectivity index (χ4n) is 2.66. The zero-order valence-electron chi connectivity index (χ0n) is 10.6. The van der Waals surface area contributed by atoms with Crippen molar-refractivity contribution in [3.8, 4) is 0 Å². The van der Waals surface area contributed by atoms with Gasteiger partial charge in [-0.25, -0.2) is 4.79 Å². The molecule has 0 saturated heterocycles. The van der Waals surface area contributed by atoms with Gasteiger partial charge in [0.1, 0.15) is 5.56 Å². The smallest absolute Gasteiger partial charge is 0.339 e. The molecule has 0 bridgehead atoms. The summed E-state index contributed by atoms with van der Waals surface area (Å²) in [6, 6.07) is 0. The second kappa shape index (κ2) is 4.84. The van der Waals surface area contributed by atoms with Crippen LogP contribution in [-0.2, 0) is 4.79 Å². The second-order valence-electron chi connectivity index (χ2n) is 5.01. The summed E-state index contributed by atoms with van der Waals surface area (Å²) in [5.41, 5.74) is 1.07. The standard InChI is InChI=1S/C13H18N2O3/c1-7-4-3-5-9(7)12(16)15-10-6-14-8(2)11(10)13(17)18/h6-7,9,14H,3-5H2,1-2H3,(H,15,16)(H,17,18). The molecule has 1 aromatic rings. The van der Waals surface area contributed by atoms with Gasteiger partial charge in [-0.1, -0.05) is 13.3 Å². The fraction of sp³-hybridized carbons (Fsp3) is 0.538. The van der Waals surface area contributed by atoms with Crippen LogP contribution in [-0.4, -0.2) is 22.0 Å². The number of anilines is 1. The normalized spacial score (nSPS) is 23.0. The summed E-state index contributed by atoms with van der Waals surface area (Å²) in [6.45, 7) is 3.75. The maximum absolute atomic E-state index is 12.1. The summed E-state index contributed by atoms with van der Waals surface area (Å²) in [5.74, 6) is -0.717. The van der Waals surface area contributed by atoms with E-state index in [1.54, 1.807) is 6.92 Å². The number of hydrogen-bond acceptors (Lipinski definition) is 2. The number of amides is 1. The third-order valence-electron chi connectivity index (χ3n) is 3.75. The lowest BCUT2D eigenvalue weighted by molar-refractivity contribution is -0.120. The number of carboxylic acids is 1. The molecule has 0 radical (unpaired) electrons. The van der Waals surface area contributed by atoms with Gasteiger partial charge in [0, 0.05) is 17.8 Å². The van der Waals surface area contributed by atoms with Crippen LogP contribution in [0.1, 0.15) is 42.2 Å². The van der Waals surface area contributed by atoms with Crippen molar-refractivity contribution in [1.82, 2.24) is 4.98 Å². The lowest BCUT2D eigenvalue weighted by Gasteiger charge is -2.14. The summed E-state index contributed by atoms with van der Waals surface area (Å²) in [5, 5.41) is 11.8. The molecule has 0 aromatic carbocycles. The molecular weight excluding hydrogens is 232 g/mol. The van der Waals surface area contributed by atoms with Crippen molar-refractivity contribution in [3.63, 3.8) is 0 Å². The largest absolute Gasteiger partial charge is 0.478 e. The van der Waals surface area contributed by atoms with E-state index in [1.165, 1.54) is 6.20 Å². The van der Waals surface area contributed by atoms with Gasteiger partial charge in [0.25, 0.3) is 0 Å². The predicted octanol–water partition coefficient (Wildman–Crippen LogP) is 2.40. The minimum atomic E-state index is -1.02. The molecule has 5 heteroatoms. The first-order chi connectivity index (χ1) is 8.50. The van der Waals surface area contributed by atoms with Crippen molar-refractivity contribution in [2.45, 2.75) is 33.1 Å². The van der Waals surface area contributed by atoms with E-state index in [0.29, 0.717) is 17.3 Å². The molecule has 1 aliphatic rings. The van der Waals surface area contributed by atoms with Crippen LogP contribution >= 0.6 is 0 Å². The monoisotopic (exact) mass is 250 g/mol. The Kier molecular flexibility index (Phi) is 3.41. The summed E-state index contributed by atoms with van der Waals surface area (Å²) < 4.78 is 0. The zero-order valence-corrected chi connectivity index (χ0v) is 10.6. The Bertz CT molecular complexity index is 479. The minimum absolute atomic E-state index is 0.00171. The highest BCUT2D eigenvalue weighted by molar-refractivity contribution is 6.02. The van der Waals surface area contributed by atoms with Crippen LogP contribution in [0.5, 0.6) is 0 Å². The first-order valence-corrected chi connectivity index (χ1v) is 6.23. The fourth-order valence-corrected chi connectivity index (χ4v) is 2.66. The summed E-state index contributed by atoms with van der Waals surface area (Å²) in [6.07, 6.45) is 4.56. The number of aryl methyl sites for hydroxylation is 1. The maximum Gasteiger partial charge on any atom is 0.339 e. The highest BCUT2D eigenvalue weighted by Crippen LogP contribution is 2.32. The number of hydrogen-bond donors (Lipinski definition) is 3. The number of carboxylic acid groups (broad SMARTS) is 1. The van der Waals surface area contributed by atoms with Crippen LogP contribution in [0.4, 0.5) is 5.69 Å². The molecule has 98 valence electrons. The Balaban J connectivity index is 2.14. The lowest BCUT2D eigenvalue weighted by Crippen LogP contribution is -2.25. The Morgan fingerprint density at radius 2 is 2.17 bits per heavy atom. The molecule has 0 spiro atoms. The van der Waals surface area contributed by atoms with E-state index in [-0.39, 0.29) is 17.4 Å². The van der Waals surface area contributed by atoms with Crippen LogP contribution in [0.15, 0.2) is 6.20 Å². The van der Waals surface area contributed by atoms with E-state index in [2.05, 4.69) is 17.2 Å². The molecular formula is C13H18N2O3. The third kappa shape index (κ3) is 2.25. The summed E-state index contributed by atoms with van der Waals surface area (Å²) in [7, 11) is 0. The number of rotatable bonds is 3. The van der Waals surface area contributed by atoms with E-state index in [9.17, 15) is 9.59 Å². The van der Waals surface area contributed by atoms with Crippen LogP contribution in [0.25, 0.3) is 0 Å². The molecule has 2 atom stereocenters. The summed E-state index contributed by atoms with van der Waals surface area (Å²) >= 11 is 0. The average molecular weight is 250 g/mol. The van der Waals surface area contributed by atoms with Crippen LogP contribution in [0.3, 0.4) is 0 Å². The van der Waals surface area contributed by atoms with Gasteiger partial charge >= 0.3 is 5.97 Å². The van der Waals surface area contributed by atoms with Gasteiger partial charge in [0.05, 0.1) is 5.69 Å². The van der Waals surface area contributed by atoms with Gasteiger partial charge in [-0.15, -0.1) is 0 Å². The first kappa shape index (κ1) is 12.7. The Morgan fingerprint density at radius 1 is 1.44 bits per heavy atom. The lowest BCUT2D eigenvalue weighted by atomic mass is 9.97. The maximum atomic E-state index is 12.1. The number of aromatic carboxylic acids is 1. The first-order valence-electron chi connectivity index (χ1n) is 6.23. The van der Waals surface area contributed by atoms with E-state index >= 15 is 0 Å². The molecule has 5 nitrogen and oxygen atoms in total. The molecule has 3 N–H and O–H groups in total. The van der Waals surface area contributed by atoms with E-state index in [4.69, 9.17) is 5.11 Å². The summed E-state index contributed by atoms with van der Waals surface area (Å²) in [4.78, 5) is 26.0. The Labute approximate surface area is 106 Å². The SMILES string of the molecule is Cc1[nH]cc(NC(=O)C2CCCC2C)c1C(=O)O. The number of aromatic nitrogens is 1. The molecule has 1 amide bonds. The van der Waals surface area contributed by atoms with Crippen LogP contribution in [0.2, 0.25) is 0 Å². The average Bonchev–Trinajstić information content (AvgIpc) is 2.85. The quantitative estimate of drug-likeness (QED) is 0.770. The number of carbonyl (C=O) groups excluding carboxylic acids is 1. The highest BCUT2D eigenvalue weighted by atomic mass is 16.4. The number of H-pyrrole nitrogens is 1. The Hall–Kier alpha value is -1.78. The van der Waals surface area contributed by atoms with Crippen molar-refractivity contribution in [2.24, 2.45) is 11.8 Å². The van der Waals surface area contributed by atoms with Gasteiger partial charge in [0.2, 0.25) is 5.91 Å². The van der Waals surface area contributed by atoms with Gasteiger partial charge in [0.15, 0.2) is 0 Å². The van der Waals surface area contributed by atoms with Crippen molar-refractivity contribution in [3.05, 3.63) is 17.5 Å². The molecule has 1 aromatic heterocycles. The predicted molar refractivity (Wildman–Crippen MR) is 67.6 cm³/mol. The van der Waals surface area contributed by atoms with Crippen molar-refractivity contribution in [1.29, 1.82) is 0 Å². The molecule has 18 heavy (non-hydrogen) atoms. The number of carbonyl (C=O) groups is 2. The molecule has 1 aliphatic carbocycles. The van der Waals surface area contributed by atoms with E-state index in [1.807, 2.05) is 0 Å². The van der Waals surface area contributed by atoms with Crippen LogP contribution < -0.4 is 5.32 Å². The van der Waals surface area contributed by atoms with E-state index in [0.717, 1.165) is 19.3 Å². The van der Waals surface area contributed by atoms with Crippen LogP contribution in [0, 0.1) is 18.8 Å². The molecule has 0 aliphatic heterocycles. The van der Waals surface area contributed by atoms with E-state index < -0.39 is 5.97 Å². The van der Waals surface area contributed by atoms with Gasteiger partial charge in [-0.2, -0.15) is 0 Å². The van der Waals surface area contributed by atoms with Crippen molar-refractivity contribution >= 4 is 17.6 Å². The molecule has 1 heterocycles. The highest BCUT2D eigenvalue weighted by Gasteiger charge is 2.30. The topological polar surface area (TPSA) is 82.2 Å². The van der Waals surface area contributed by atoms with Crippen molar-refractivity contribution < 1.29 is 14.7 Å². The molecule has 1 fully saturated rings. The minimum Gasteiger partial charge on any atom is -0.478 e. The number of aromatic amines is 1. The second-order valence-corrected chi connectivity index (χ2v) is 5.01. The molecule has 2 rings (SSSR count).